The van der Waals surface area contributed by atoms with Gasteiger partial charge in [-0.25, -0.2) is 0 Å². The Morgan fingerprint density at radius 3 is 2.19 bits per heavy atom. The average Bonchev–Trinajstić information content (AvgIpc) is 2.47. The molecule has 0 atom stereocenters. The highest BCUT2D eigenvalue weighted by Crippen LogP contribution is 2.22. The van der Waals surface area contributed by atoms with E-state index in [1.54, 1.807) is 25.2 Å². The molecule has 0 spiro atoms. The number of hydrogen-bond donors (Lipinski definition) is 2. The van der Waals surface area contributed by atoms with E-state index in [2.05, 4.69) is 6.58 Å². The summed E-state index contributed by atoms with van der Waals surface area (Å²) >= 11 is 0. The Hall–Kier alpha value is -2.48. The molecular formula is C19H22O2. The van der Waals surface area contributed by atoms with Gasteiger partial charge >= 0.3 is 0 Å². The zero-order chi connectivity index (χ0) is 15.8. The summed E-state index contributed by atoms with van der Waals surface area (Å²) in [6.45, 7) is 9.37. The van der Waals surface area contributed by atoms with Gasteiger partial charge in [-0.05, 0) is 55.7 Å². The van der Waals surface area contributed by atoms with Gasteiger partial charge in [0.2, 0.25) is 0 Å². The Morgan fingerprint density at radius 1 is 1.05 bits per heavy atom. The van der Waals surface area contributed by atoms with Crippen LogP contribution in [0.5, 0.6) is 0 Å². The molecule has 0 aliphatic carbocycles. The summed E-state index contributed by atoms with van der Waals surface area (Å²) in [6, 6.07) is 9.67. The minimum absolute atomic E-state index is 0.122. The van der Waals surface area contributed by atoms with Gasteiger partial charge in [-0.2, -0.15) is 0 Å². The molecule has 0 aliphatic heterocycles. The van der Waals surface area contributed by atoms with E-state index in [1.165, 1.54) is 0 Å². The molecule has 0 radical (unpaired) electrons. The Labute approximate surface area is 126 Å². The van der Waals surface area contributed by atoms with Crippen molar-refractivity contribution in [3.05, 3.63) is 89.4 Å². The molecule has 0 aliphatic rings. The zero-order valence-electron chi connectivity index (χ0n) is 12.8. The van der Waals surface area contributed by atoms with Crippen LogP contribution >= 0.6 is 0 Å². The van der Waals surface area contributed by atoms with Gasteiger partial charge in [-0.1, -0.05) is 43.0 Å². The van der Waals surface area contributed by atoms with Crippen LogP contribution in [0.4, 0.5) is 0 Å². The summed E-state index contributed by atoms with van der Waals surface area (Å²) in [7, 11) is 0. The predicted octanol–water partition coefficient (Wildman–Crippen LogP) is 5.50. The molecule has 0 aromatic heterocycles. The number of aliphatic hydroxyl groups is 2. The van der Waals surface area contributed by atoms with Crippen molar-refractivity contribution in [2.45, 2.75) is 20.8 Å². The molecule has 0 amide bonds. The number of hydrogen-bond acceptors (Lipinski definition) is 2. The predicted molar refractivity (Wildman–Crippen MR) is 90.1 cm³/mol. The summed E-state index contributed by atoms with van der Waals surface area (Å²) in [6.07, 6.45) is 6.78. The normalized spacial score (nSPS) is 14.2. The van der Waals surface area contributed by atoms with E-state index < -0.39 is 0 Å². The Bertz CT molecular complexity index is 610. The van der Waals surface area contributed by atoms with Gasteiger partial charge in [0.05, 0.1) is 5.76 Å². The minimum atomic E-state index is 0.122. The van der Waals surface area contributed by atoms with Crippen molar-refractivity contribution in [1.29, 1.82) is 0 Å². The highest BCUT2D eigenvalue weighted by Gasteiger charge is 2.06. The lowest BCUT2D eigenvalue weighted by atomic mass is 10.0. The van der Waals surface area contributed by atoms with E-state index in [0.717, 1.165) is 16.7 Å². The Balaban J connectivity index is 3.14. The van der Waals surface area contributed by atoms with Gasteiger partial charge in [0.15, 0.2) is 0 Å². The first-order chi connectivity index (χ1) is 9.95. The molecule has 0 heterocycles. The van der Waals surface area contributed by atoms with Crippen molar-refractivity contribution < 1.29 is 10.2 Å². The first-order valence-electron chi connectivity index (χ1n) is 6.82. The van der Waals surface area contributed by atoms with Crippen molar-refractivity contribution in [3.8, 4) is 0 Å². The van der Waals surface area contributed by atoms with Crippen LogP contribution in [0.3, 0.4) is 0 Å². The van der Waals surface area contributed by atoms with Crippen LogP contribution in [0.15, 0.2) is 83.9 Å². The van der Waals surface area contributed by atoms with Crippen LogP contribution in [0, 0.1) is 0 Å². The van der Waals surface area contributed by atoms with Crippen LogP contribution in [0.2, 0.25) is 0 Å². The van der Waals surface area contributed by atoms with E-state index in [0.29, 0.717) is 5.57 Å². The molecule has 1 rings (SSSR count). The van der Waals surface area contributed by atoms with E-state index in [4.69, 9.17) is 0 Å². The van der Waals surface area contributed by atoms with Gasteiger partial charge in [0, 0.05) is 5.57 Å². The summed E-state index contributed by atoms with van der Waals surface area (Å²) in [5.41, 5.74) is 3.26. The Kier molecular flexibility index (Phi) is 6.28. The van der Waals surface area contributed by atoms with Crippen molar-refractivity contribution in [1.82, 2.24) is 0 Å². The van der Waals surface area contributed by atoms with Crippen LogP contribution < -0.4 is 0 Å². The molecule has 110 valence electrons. The third-order valence-electron chi connectivity index (χ3n) is 3.08. The fraction of sp³-hybridized carbons (Fsp3) is 0.158. The maximum absolute atomic E-state index is 10.3. The summed E-state index contributed by atoms with van der Waals surface area (Å²) < 4.78 is 0. The number of aliphatic hydroxyl groups excluding tert-OH is 2. The molecule has 21 heavy (non-hydrogen) atoms. The van der Waals surface area contributed by atoms with Gasteiger partial charge in [-0.15, -0.1) is 0 Å². The molecule has 1 aromatic carbocycles. The fourth-order valence-electron chi connectivity index (χ4n) is 1.76. The van der Waals surface area contributed by atoms with Crippen molar-refractivity contribution >= 4 is 5.57 Å². The quantitative estimate of drug-likeness (QED) is 0.553. The third kappa shape index (κ3) is 5.19. The van der Waals surface area contributed by atoms with Crippen LogP contribution in [-0.4, -0.2) is 10.2 Å². The average molecular weight is 282 g/mol. The molecule has 2 N–H and O–H groups in total. The number of allylic oxidation sites excluding steroid dienone is 7. The minimum Gasteiger partial charge on any atom is -0.513 e. The zero-order valence-corrected chi connectivity index (χ0v) is 12.8. The smallest absolute Gasteiger partial charge is 0.123 e. The lowest BCUT2D eigenvalue weighted by Gasteiger charge is -2.08. The monoisotopic (exact) mass is 282 g/mol. The molecule has 2 heteroatoms. The topological polar surface area (TPSA) is 40.5 Å². The van der Waals surface area contributed by atoms with E-state index in [1.807, 2.05) is 50.3 Å². The lowest BCUT2D eigenvalue weighted by Crippen LogP contribution is -1.92. The molecule has 2 nitrogen and oxygen atoms in total. The molecule has 0 saturated heterocycles. The van der Waals surface area contributed by atoms with Crippen LogP contribution in [0.1, 0.15) is 26.3 Å². The SMILES string of the molecule is C=C(\C=C(O)/C(=C/C=C(\C)O)C(/C)=C\C)c1ccccc1. The standard InChI is InChI=1S/C19H22O2/c1-5-14(2)18(12-11-16(4)20)19(21)13-15(3)17-9-7-6-8-10-17/h5-13,20-21H,3H2,1-2,4H3/b14-5-,16-11+,18-12+,19-13+. The van der Waals surface area contributed by atoms with E-state index in [-0.39, 0.29) is 11.5 Å². The summed E-state index contributed by atoms with van der Waals surface area (Å²) in [5, 5.41) is 19.6. The lowest BCUT2D eigenvalue weighted by molar-refractivity contribution is 0.414. The molecule has 0 saturated carbocycles. The van der Waals surface area contributed by atoms with Gasteiger partial charge in [0.1, 0.15) is 5.76 Å². The molecule has 1 aromatic rings. The van der Waals surface area contributed by atoms with Crippen LogP contribution in [-0.2, 0) is 0 Å². The molecular weight excluding hydrogens is 260 g/mol. The number of rotatable bonds is 5. The molecule has 0 unspecified atom stereocenters. The Morgan fingerprint density at radius 2 is 1.67 bits per heavy atom. The van der Waals surface area contributed by atoms with Crippen molar-refractivity contribution in [2.24, 2.45) is 0 Å². The summed E-state index contributed by atoms with van der Waals surface area (Å²) in [4.78, 5) is 0. The second-order valence-corrected chi connectivity index (χ2v) is 4.78. The van der Waals surface area contributed by atoms with Gasteiger partial charge in [0.25, 0.3) is 0 Å². The first-order valence-corrected chi connectivity index (χ1v) is 6.82. The molecule has 0 fully saturated rings. The second-order valence-electron chi connectivity index (χ2n) is 4.78. The maximum atomic E-state index is 10.3. The van der Waals surface area contributed by atoms with Crippen molar-refractivity contribution in [3.63, 3.8) is 0 Å². The highest BCUT2D eigenvalue weighted by molar-refractivity contribution is 5.73. The van der Waals surface area contributed by atoms with E-state index >= 15 is 0 Å². The van der Waals surface area contributed by atoms with Crippen molar-refractivity contribution in [2.75, 3.05) is 0 Å². The van der Waals surface area contributed by atoms with Crippen LogP contribution in [0.25, 0.3) is 5.57 Å². The largest absolute Gasteiger partial charge is 0.513 e. The van der Waals surface area contributed by atoms with Gasteiger partial charge in [-0.3, -0.25) is 0 Å². The third-order valence-corrected chi connectivity index (χ3v) is 3.08. The van der Waals surface area contributed by atoms with E-state index in [9.17, 15) is 10.2 Å². The molecule has 0 bridgehead atoms. The number of benzene rings is 1. The fourth-order valence-corrected chi connectivity index (χ4v) is 1.76. The summed E-state index contributed by atoms with van der Waals surface area (Å²) in [5.74, 6) is 0.308. The highest BCUT2D eigenvalue weighted by atomic mass is 16.3. The maximum Gasteiger partial charge on any atom is 0.123 e. The first kappa shape index (κ1) is 16.6. The van der Waals surface area contributed by atoms with Gasteiger partial charge < -0.3 is 10.2 Å². The second kappa shape index (κ2) is 7.95.